The van der Waals surface area contributed by atoms with Crippen molar-refractivity contribution in [2.24, 2.45) is 0 Å². The molecule has 0 spiro atoms. The first-order chi connectivity index (χ1) is 9.26. The van der Waals surface area contributed by atoms with Crippen molar-refractivity contribution in [2.75, 3.05) is 20.4 Å². The van der Waals surface area contributed by atoms with Crippen molar-refractivity contribution < 1.29 is 23.8 Å². The highest BCUT2D eigenvalue weighted by molar-refractivity contribution is 5.81. The van der Waals surface area contributed by atoms with Crippen LogP contribution in [0.15, 0.2) is 0 Å². The molecule has 0 fully saturated rings. The quantitative estimate of drug-likeness (QED) is 0.532. The van der Waals surface area contributed by atoms with Crippen LogP contribution < -0.4 is 0 Å². The van der Waals surface area contributed by atoms with E-state index in [9.17, 15) is 9.59 Å². The first-order valence-corrected chi connectivity index (χ1v) is 6.92. The zero-order valence-electron chi connectivity index (χ0n) is 13.4. The summed E-state index contributed by atoms with van der Waals surface area (Å²) in [6, 6.07) is -0.698. The minimum Gasteiger partial charge on any atom is -0.464 e. The first kappa shape index (κ1) is 18.7. The molecule has 118 valence electrons. The van der Waals surface area contributed by atoms with Gasteiger partial charge in [-0.2, -0.15) is 0 Å². The molecule has 6 nitrogen and oxygen atoms in total. The first-order valence-electron chi connectivity index (χ1n) is 6.92. The van der Waals surface area contributed by atoms with E-state index in [0.717, 1.165) is 6.42 Å². The van der Waals surface area contributed by atoms with E-state index in [2.05, 4.69) is 0 Å². The van der Waals surface area contributed by atoms with E-state index < -0.39 is 23.7 Å². The summed E-state index contributed by atoms with van der Waals surface area (Å²) in [5.74, 6) is -0.433. The summed E-state index contributed by atoms with van der Waals surface area (Å²) in [6.07, 6.45) is 0.587. The van der Waals surface area contributed by atoms with Crippen LogP contribution in [-0.4, -0.2) is 49.1 Å². The molecule has 0 aromatic heterocycles. The van der Waals surface area contributed by atoms with Crippen LogP contribution in [0.1, 0.15) is 47.5 Å². The lowest BCUT2D eigenvalue weighted by Crippen LogP contribution is -2.48. The topological polar surface area (TPSA) is 65.1 Å². The molecule has 20 heavy (non-hydrogen) atoms. The molecule has 0 aliphatic carbocycles. The summed E-state index contributed by atoms with van der Waals surface area (Å²) < 4.78 is 15.4. The Balaban J connectivity index is 4.91. The van der Waals surface area contributed by atoms with Gasteiger partial charge in [-0.3, -0.25) is 4.90 Å². The third-order valence-electron chi connectivity index (χ3n) is 2.38. The second-order valence-electron chi connectivity index (χ2n) is 5.46. The number of carbonyl (C=O) groups is 2. The van der Waals surface area contributed by atoms with Crippen LogP contribution in [0.4, 0.5) is 4.79 Å². The molecule has 0 radical (unpaired) electrons. The number of amides is 1. The largest absolute Gasteiger partial charge is 0.464 e. The molecule has 0 aliphatic rings. The second-order valence-corrected chi connectivity index (χ2v) is 5.46. The van der Waals surface area contributed by atoms with Gasteiger partial charge in [0.15, 0.2) is 0 Å². The summed E-state index contributed by atoms with van der Waals surface area (Å²) >= 11 is 0. The van der Waals surface area contributed by atoms with Crippen LogP contribution in [-0.2, 0) is 19.0 Å². The number of hydrogen-bond donors (Lipinski definition) is 0. The standard InChI is InChI=1S/C14H27NO5/c1-7-9-19-12(16)11(8-2)15(10-18-6)13(17)20-14(3,4)5/h11H,7-10H2,1-6H3/t11-/m0/s1. The molecule has 0 aromatic carbocycles. The van der Waals surface area contributed by atoms with E-state index in [0.29, 0.717) is 13.0 Å². The zero-order chi connectivity index (χ0) is 15.8. The minimum absolute atomic E-state index is 0.0192. The van der Waals surface area contributed by atoms with Gasteiger partial charge >= 0.3 is 12.1 Å². The van der Waals surface area contributed by atoms with Gasteiger partial charge in [-0.05, 0) is 33.6 Å². The predicted octanol–water partition coefficient (Wildman–Crippen LogP) is 2.56. The molecular formula is C14H27NO5. The fourth-order valence-electron chi connectivity index (χ4n) is 1.54. The average Bonchev–Trinajstić information content (AvgIpc) is 2.34. The summed E-state index contributed by atoms with van der Waals surface area (Å²) in [5.41, 5.74) is -0.630. The zero-order valence-corrected chi connectivity index (χ0v) is 13.4. The maximum absolute atomic E-state index is 12.1. The minimum atomic E-state index is -0.698. The Morgan fingerprint density at radius 2 is 1.80 bits per heavy atom. The van der Waals surface area contributed by atoms with Crippen molar-refractivity contribution in [1.82, 2.24) is 4.90 Å². The van der Waals surface area contributed by atoms with E-state index in [1.807, 2.05) is 13.8 Å². The number of rotatable bonds is 7. The average molecular weight is 289 g/mol. The smallest absolute Gasteiger partial charge is 0.412 e. The van der Waals surface area contributed by atoms with Crippen molar-refractivity contribution in [3.8, 4) is 0 Å². The Labute approximate surface area is 121 Å². The maximum atomic E-state index is 12.1. The molecule has 0 saturated carbocycles. The van der Waals surface area contributed by atoms with E-state index in [1.165, 1.54) is 12.0 Å². The van der Waals surface area contributed by atoms with Gasteiger partial charge in [0.05, 0.1) is 6.61 Å². The lowest BCUT2D eigenvalue weighted by molar-refractivity contribution is -0.152. The van der Waals surface area contributed by atoms with Gasteiger partial charge in [-0.25, -0.2) is 9.59 Å². The molecule has 0 aliphatic heterocycles. The molecular weight excluding hydrogens is 262 g/mol. The number of methoxy groups -OCH3 is 1. The van der Waals surface area contributed by atoms with Crippen LogP contribution in [0.2, 0.25) is 0 Å². The van der Waals surface area contributed by atoms with E-state index >= 15 is 0 Å². The van der Waals surface area contributed by atoms with Crippen molar-refractivity contribution >= 4 is 12.1 Å². The van der Waals surface area contributed by atoms with Gasteiger partial charge < -0.3 is 14.2 Å². The van der Waals surface area contributed by atoms with E-state index in [1.54, 1.807) is 20.8 Å². The molecule has 0 unspecified atom stereocenters. The van der Waals surface area contributed by atoms with Crippen LogP contribution in [0, 0.1) is 0 Å². The fourth-order valence-corrected chi connectivity index (χ4v) is 1.54. The lowest BCUT2D eigenvalue weighted by Gasteiger charge is -2.31. The van der Waals surface area contributed by atoms with Gasteiger partial charge in [0.1, 0.15) is 18.4 Å². The molecule has 0 rings (SSSR count). The maximum Gasteiger partial charge on any atom is 0.412 e. The van der Waals surface area contributed by atoms with Crippen molar-refractivity contribution in [2.45, 2.75) is 59.1 Å². The van der Waals surface area contributed by atoms with E-state index in [4.69, 9.17) is 14.2 Å². The van der Waals surface area contributed by atoms with Gasteiger partial charge in [-0.1, -0.05) is 13.8 Å². The molecule has 6 heteroatoms. The molecule has 1 atom stereocenters. The summed E-state index contributed by atoms with van der Waals surface area (Å²) in [7, 11) is 1.46. The Bertz CT molecular complexity index is 311. The van der Waals surface area contributed by atoms with Crippen molar-refractivity contribution in [3.05, 3.63) is 0 Å². The Morgan fingerprint density at radius 1 is 1.20 bits per heavy atom. The lowest BCUT2D eigenvalue weighted by atomic mass is 10.2. The van der Waals surface area contributed by atoms with Gasteiger partial charge in [0.25, 0.3) is 0 Å². The van der Waals surface area contributed by atoms with Gasteiger partial charge in [0, 0.05) is 7.11 Å². The monoisotopic (exact) mass is 289 g/mol. The SMILES string of the molecule is CCCOC(=O)[C@H](CC)N(COC)C(=O)OC(C)(C)C. The van der Waals surface area contributed by atoms with Gasteiger partial charge in [-0.15, -0.1) is 0 Å². The van der Waals surface area contributed by atoms with Crippen LogP contribution in [0.25, 0.3) is 0 Å². The third kappa shape index (κ3) is 6.75. The number of esters is 1. The molecule has 0 aromatic rings. The van der Waals surface area contributed by atoms with E-state index in [-0.39, 0.29) is 6.73 Å². The van der Waals surface area contributed by atoms with Crippen LogP contribution in [0.3, 0.4) is 0 Å². The highest BCUT2D eigenvalue weighted by Gasteiger charge is 2.32. The highest BCUT2D eigenvalue weighted by atomic mass is 16.6. The number of ether oxygens (including phenoxy) is 3. The van der Waals surface area contributed by atoms with Gasteiger partial charge in [0.2, 0.25) is 0 Å². The molecule has 0 N–H and O–H groups in total. The summed E-state index contributed by atoms with van der Waals surface area (Å²) in [4.78, 5) is 25.4. The normalized spacial score (nSPS) is 12.7. The number of hydrogen-bond acceptors (Lipinski definition) is 5. The van der Waals surface area contributed by atoms with Crippen molar-refractivity contribution in [1.29, 1.82) is 0 Å². The molecule has 0 heterocycles. The second kappa shape index (κ2) is 8.79. The van der Waals surface area contributed by atoms with Crippen LogP contribution >= 0.6 is 0 Å². The summed E-state index contributed by atoms with van der Waals surface area (Å²) in [6.45, 7) is 9.35. The Hall–Kier alpha value is -1.30. The molecule has 0 bridgehead atoms. The number of nitrogens with zero attached hydrogens (tertiary/aromatic N) is 1. The molecule has 0 saturated heterocycles. The van der Waals surface area contributed by atoms with Crippen molar-refractivity contribution in [3.63, 3.8) is 0 Å². The predicted molar refractivity (Wildman–Crippen MR) is 75.3 cm³/mol. The highest BCUT2D eigenvalue weighted by Crippen LogP contribution is 2.14. The van der Waals surface area contributed by atoms with Crippen LogP contribution in [0.5, 0.6) is 0 Å². The Kier molecular flexibility index (Phi) is 8.22. The number of carbonyl (C=O) groups excluding carboxylic acids is 2. The third-order valence-corrected chi connectivity index (χ3v) is 2.38. The Morgan fingerprint density at radius 3 is 2.20 bits per heavy atom. The summed E-state index contributed by atoms with van der Waals surface area (Å²) in [5, 5.41) is 0. The molecule has 1 amide bonds. The fraction of sp³-hybridized carbons (Fsp3) is 0.857.